The monoisotopic (exact) mass is 561 g/mol. The van der Waals surface area contributed by atoms with Gasteiger partial charge in [-0.2, -0.15) is 4.31 Å². The minimum atomic E-state index is -3.87. The summed E-state index contributed by atoms with van der Waals surface area (Å²) in [6, 6.07) is 13.3. The number of rotatable bonds is 9. The number of methoxy groups -OCH3 is 1. The standard InChI is InChI=1S/C29H43N3O6S/c1-20(2)18-31(39(34,35)24-15-13-23(36-8)14-16-24)19-26-25(17-21-9-11-22(30)12-10-21)32(29(6,7)37-26)27(33)38-28(3,4)5/h9-16,20,25-26H,17-19,30H2,1-8H3/t25-,26+/m0/s1. The van der Waals surface area contributed by atoms with E-state index in [1.165, 1.54) is 11.4 Å². The van der Waals surface area contributed by atoms with Crippen LogP contribution in [0.25, 0.3) is 0 Å². The Labute approximate surface area is 233 Å². The van der Waals surface area contributed by atoms with Gasteiger partial charge >= 0.3 is 6.09 Å². The number of carbonyl (C=O) groups is 1. The summed E-state index contributed by atoms with van der Waals surface area (Å²) >= 11 is 0. The molecule has 2 N–H and O–H groups in total. The van der Waals surface area contributed by atoms with Crippen molar-refractivity contribution in [1.82, 2.24) is 9.21 Å². The van der Waals surface area contributed by atoms with Gasteiger partial charge in [-0.3, -0.25) is 4.90 Å². The van der Waals surface area contributed by atoms with Crippen LogP contribution in [0.2, 0.25) is 0 Å². The van der Waals surface area contributed by atoms with Crippen LogP contribution in [0.4, 0.5) is 10.5 Å². The van der Waals surface area contributed by atoms with Gasteiger partial charge in [0, 0.05) is 18.8 Å². The number of hydrogen-bond donors (Lipinski definition) is 1. The third-order valence-electron chi connectivity index (χ3n) is 6.45. The molecule has 0 saturated carbocycles. The smallest absolute Gasteiger partial charge is 0.412 e. The summed E-state index contributed by atoms with van der Waals surface area (Å²) in [4.78, 5) is 15.3. The number of nitrogens with two attached hydrogens (primary N) is 1. The number of sulfonamides is 1. The van der Waals surface area contributed by atoms with Gasteiger partial charge in [0.2, 0.25) is 10.0 Å². The van der Waals surface area contributed by atoms with Gasteiger partial charge in [-0.05, 0) is 88.9 Å². The van der Waals surface area contributed by atoms with Crippen molar-refractivity contribution in [2.45, 2.75) is 83.3 Å². The molecule has 0 unspecified atom stereocenters. The van der Waals surface area contributed by atoms with Crippen LogP contribution in [-0.4, -0.2) is 67.4 Å². The molecule has 2 aromatic carbocycles. The Morgan fingerprint density at radius 1 is 1.10 bits per heavy atom. The number of hydrogen-bond acceptors (Lipinski definition) is 7. The molecular formula is C29H43N3O6S. The highest BCUT2D eigenvalue weighted by molar-refractivity contribution is 7.89. The van der Waals surface area contributed by atoms with Crippen LogP contribution < -0.4 is 10.5 Å². The van der Waals surface area contributed by atoms with Crippen LogP contribution >= 0.6 is 0 Å². The van der Waals surface area contributed by atoms with Gasteiger partial charge in [-0.25, -0.2) is 13.2 Å². The Morgan fingerprint density at radius 2 is 1.69 bits per heavy atom. The third-order valence-corrected chi connectivity index (χ3v) is 8.29. The van der Waals surface area contributed by atoms with Crippen molar-refractivity contribution < 1.29 is 27.4 Å². The van der Waals surface area contributed by atoms with Gasteiger partial charge < -0.3 is 19.9 Å². The number of amides is 1. The van der Waals surface area contributed by atoms with Gasteiger partial charge in [-0.1, -0.05) is 26.0 Å². The first-order valence-electron chi connectivity index (χ1n) is 13.2. The zero-order valence-electron chi connectivity index (χ0n) is 24.3. The molecule has 9 nitrogen and oxygen atoms in total. The van der Waals surface area contributed by atoms with Crippen LogP contribution in [0, 0.1) is 5.92 Å². The van der Waals surface area contributed by atoms with E-state index in [0.29, 0.717) is 17.9 Å². The quantitative estimate of drug-likeness (QED) is 0.433. The summed E-state index contributed by atoms with van der Waals surface area (Å²) < 4.78 is 46.5. The fourth-order valence-electron chi connectivity index (χ4n) is 4.79. The predicted molar refractivity (Wildman–Crippen MR) is 152 cm³/mol. The maximum Gasteiger partial charge on any atom is 0.412 e. The Balaban J connectivity index is 2.01. The summed E-state index contributed by atoms with van der Waals surface area (Å²) in [5.74, 6) is 0.631. The van der Waals surface area contributed by atoms with Crippen LogP contribution in [0.5, 0.6) is 5.75 Å². The van der Waals surface area contributed by atoms with Gasteiger partial charge in [0.15, 0.2) is 0 Å². The molecule has 3 rings (SSSR count). The Hall–Kier alpha value is -2.82. The molecule has 0 spiro atoms. The fourth-order valence-corrected chi connectivity index (χ4v) is 6.41. The van der Waals surface area contributed by atoms with Crippen molar-refractivity contribution in [1.29, 1.82) is 0 Å². The average molecular weight is 562 g/mol. The summed E-state index contributed by atoms with van der Waals surface area (Å²) in [7, 11) is -2.33. The largest absolute Gasteiger partial charge is 0.497 e. The number of ether oxygens (including phenoxy) is 3. The molecule has 1 aliphatic rings. The Bertz CT molecular complexity index is 1220. The lowest BCUT2D eigenvalue weighted by Gasteiger charge is -2.35. The minimum absolute atomic E-state index is 0.0601. The molecule has 0 radical (unpaired) electrons. The van der Waals surface area contributed by atoms with E-state index in [-0.39, 0.29) is 23.9 Å². The SMILES string of the molecule is COc1ccc(S(=O)(=O)N(CC(C)C)C[C@H]2OC(C)(C)N(C(=O)OC(C)(C)C)[C@H]2Cc2ccc(N)cc2)cc1. The zero-order valence-corrected chi connectivity index (χ0v) is 25.1. The van der Waals surface area contributed by atoms with Crippen molar-refractivity contribution in [3.05, 3.63) is 54.1 Å². The van der Waals surface area contributed by atoms with E-state index in [4.69, 9.17) is 19.9 Å². The van der Waals surface area contributed by atoms with Crippen molar-refractivity contribution in [2.75, 3.05) is 25.9 Å². The van der Waals surface area contributed by atoms with Crippen LogP contribution in [0.1, 0.15) is 54.0 Å². The van der Waals surface area contributed by atoms with E-state index >= 15 is 0 Å². The first-order valence-corrected chi connectivity index (χ1v) is 14.7. The fraction of sp³-hybridized carbons (Fsp3) is 0.552. The number of carbonyl (C=O) groups excluding carboxylic acids is 1. The van der Waals surface area contributed by atoms with Crippen molar-refractivity contribution >= 4 is 21.8 Å². The number of nitrogens with zero attached hydrogens (tertiary/aromatic N) is 2. The molecule has 1 heterocycles. The molecule has 1 aliphatic heterocycles. The summed E-state index contributed by atoms with van der Waals surface area (Å²) in [6.45, 7) is 13.3. The molecule has 1 saturated heterocycles. The lowest BCUT2D eigenvalue weighted by molar-refractivity contribution is -0.0806. The van der Waals surface area contributed by atoms with E-state index in [2.05, 4.69) is 0 Å². The molecule has 39 heavy (non-hydrogen) atoms. The summed E-state index contributed by atoms with van der Waals surface area (Å²) in [6.07, 6.45) is -0.688. The van der Waals surface area contributed by atoms with E-state index in [9.17, 15) is 13.2 Å². The summed E-state index contributed by atoms with van der Waals surface area (Å²) in [5, 5.41) is 0. The molecule has 2 atom stereocenters. The maximum absolute atomic E-state index is 13.8. The molecule has 2 aromatic rings. The second-order valence-electron chi connectivity index (χ2n) is 11.9. The van der Waals surface area contributed by atoms with Gasteiger partial charge in [-0.15, -0.1) is 0 Å². The molecule has 1 fully saturated rings. The third kappa shape index (κ3) is 7.64. The lowest BCUT2D eigenvalue weighted by atomic mass is 9.99. The first-order chi connectivity index (χ1) is 18.0. The average Bonchev–Trinajstić information content (AvgIpc) is 3.07. The molecule has 0 aromatic heterocycles. The predicted octanol–water partition coefficient (Wildman–Crippen LogP) is 4.91. The number of benzene rings is 2. The van der Waals surface area contributed by atoms with Gasteiger partial charge in [0.25, 0.3) is 0 Å². The van der Waals surface area contributed by atoms with Crippen molar-refractivity contribution in [3.63, 3.8) is 0 Å². The second kappa shape index (κ2) is 11.7. The highest BCUT2D eigenvalue weighted by Crippen LogP contribution is 2.37. The maximum atomic E-state index is 13.8. The number of anilines is 1. The molecule has 10 heteroatoms. The molecular weight excluding hydrogens is 518 g/mol. The number of nitrogen functional groups attached to an aromatic ring is 1. The van der Waals surface area contributed by atoms with Crippen molar-refractivity contribution in [2.24, 2.45) is 5.92 Å². The Morgan fingerprint density at radius 3 is 2.21 bits per heavy atom. The van der Waals surface area contributed by atoms with E-state index in [0.717, 1.165) is 5.56 Å². The highest BCUT2D eigenvalue weighted by Gasteiger charge is 2.52. The van der Waals surface area contributed by atoms with E-state index < -0.39 is 39.6 Å². The zero-order chi connectivity index (χ0) is 29.2. The van der Waals surface area contributed by atoms with Gasteiger partial charge in [0.05, 0.1) is 24.2 Å². The van der Waals surface area contributed by atoms with Crippen LogP contribution in [0.3, 0.4) is 0 Å². The molecule has 0 aliphatic carbocycles. The normalized spacial score (nSPS) is 19.5. The Kier molecular flexibility index (Phi) is 9.24. The van der Waals surface area contributed by atoms with Crippen LogP contribution in [-0.2, 0) is 25.9 Å². The lowest BCUT2D eigenvalue weighted by Crippen LogP contribution is -2.52. The van der Waals surface area contributed by atoms with Gasteiger partial charge in [0.1, 0.15) is 17.1 Å². The molecule has 0 bridgehead atoms. The van der Waals surface area contributed by atoms with Crippen LogP contribution in [0.15, 0.2) is 53.4 Å². The summed E-state index contributed by atoms with van der Waals surface area (Å²) in [5.41, 5.74) is 5.74. The minimum Gasteiger partial charge on any atom is -0.497 e. The molecule has 1 amide bonds. The van der Waals surface area contributed by atoms with E-state index in [1.807, 2.05) is 58.9 Å². The van der Waals surface area contributed by atoms with Crippen molar-refractivity contribution in [3.8, 4) is 5.75 Å². The molecule has 216 valence electrons. The second-order valence-corrected chi connectivity index (χ2v) is 13.8. The highest BCUT2D eigenvalue weighted by atomic mass is 32.2. The first kappa shape index (κ1) is 30.7. The topological polar surface area (TPSA) is 111 Å². The van der Waals surface area contributed by atoms with E-state index in [1.54, 1.807) is 43.0 Å².